The number of hydrogen-bond donors (Lipinski definition) is 0. The highest BCUT2D eigenvalue weighted by Gasteiger charge is 2.33. The molecule has 0 radical (unpaired) electrons. The largest absolute Gasteiger partial charge is 0.220 e. The first-order valence-corrected chi connectivity index (χ1v) is 9.54. The molecule has 0 aromatic heterocycles. The highest BCUT2D eigenvalue weighted by Crippen LogP contribution is 2.37. The van der Waals surface area contributed by atoms with E-state index in [1.54, 1.807) is 60.7 Å². The third kappa shape index (κ3) is 2.63. The first-order valence-electron chi connectivity index (χ1n) is 6.45. The maximum atomic E-state index is 12.8. The van der Waals surface area contributed by atoms with Crippen molar-refractivity contribution in [1.29, 1.82) is 0 Å². The summed E-state index contributed by atoms with van der Waals surface area (Å²) < 4.78 is 49.8. The van der Waals surface area contributed by atoms with Gasteiger partial charge >= 0.3 is 0 Å². The maximum absolute atomic E-state index is 12.8. The first-order chi connectivity index (χ1) is 10.4. The standard InChI is InChI=1S/C16H12O4S2/c17-21(18)11-15(13-7-3-1-4-8-13)22(19,20)16(12-21)14-9-5-2-6-10-14/h1-12H. The lowest BCUT2D eigenvalue weighted by atomic mass is 10.2. The lowest BCUT2D eigenvalue weighted by molar-refractivity contribution is 0.608. The molecular formula is C16H12O4S2. The van der Waals surface area contributed by atoms with Gasteiger partial charge in [-0.3, -0.25) is 0 Å². The molecule has 1 aliphatic rings. The van der Waals surface area contributed by atoms with Crippen molar-refractivity contribution in [2.75, 3.05) is 0 Å². The van der Waals surface area contributed by atoms with Crippen LogP contribution in [-0.2, 0) is 19.7 Å². The average molecular weight is 332 g/mol. The molecule has 0 bridgehead atoms. The Morgan fingerprint density at radius 3 is 1.27 bits per heavy atom. The van der Waals surface area contributed by atoms with Crippen molar-refractivity contribution in [1.82, 2.24) is 0 Å². The molecule has 0 saturated heterocycles. The summed E-state index contributed by atoms with van der Waals surface area (Å²) in [6, 6.07) is 16.4. The van der Waals surface area contributed by atoms with Gasteiger partial charge in [0.15, 0.2) is 9.84 Å². The second-order valence-electron chi connectivity index (χ2n) is 4.79. The maximum Gasteiger partial charge on any atom is 0.209 e. The minimum Gasteiger partial charge on any atom is -0.220 e. The third-order valence-electron chi connectivity index (χ3n) is 3.24. The molecule has 0 saturated carbocycles. The summed E-state index contributed by atoms with van der Waals surface area (Å²) >= 11 is 0. The predicted molar refractivity (Wildman–Crippen MR) is 86.7 cm³/mol. The highest BCUT2D eigenvalue weighted by atomic mass is 32.2. The van der Waals surface area contributed by atoms with Crippen LogP contribution < -0.4 is 0 Å². The summed E-state index contributed by atoms with van der Waals surface area (Å²) in [7, 11) is -7.65. The van der Waals surface area contributed by atoms with Gasteiger partial charge in [-0.25, -0.2) is 16.8 Å². The van der Waals surface area contributed by atoms with Gasteiger partial charge in [0.2, 0.25) is 9.84 Å². The molecule has 112 valence electrons. The smallest absolute Gasteiger partial charge is 0.209 e. The van der Waals surface area contributed by atoms with Crippen molar-refractivity contribution in [2.24, 2.45) is 0 Å². The van der Waals surface area contributed by atoms with Crippen molar-refractivity contribution < 1.29 is 16.8 Å². The summed E-state index contributed by atoms with van der Waals surface area (Å²) in [5.74, 6) is 0. The van der Waals surface area contributed by atoms with Gasteiger partial charge in [0, 0.05) is 0 Å². The Morgan fingerprint density at radius 1 is 0.545 bits per heavy atom. The molecule has 3 rings (SSSR count). The van der Waals surface area contributed by atoms with E-state index in [0.29, 0.717) is 11.1 Å². The Bertz CT molecular complexity index is 899. The molecular weight excluding hydrogens is 320 g/mol. The van der Waals surface area contributed by atoms with E-state index in [9.17, 15) is 16.8 Å². The van der Waals surface area contributed by atoms with Gasteiger partial charge in [0.1, 0.15) is 0 Å². The van der Waals surface area contributed by atoms with Crippen LogP contribution in [0, 0.1) is 0 Å². The first kappa shape index (κ1) is 14.7. The molecule has 2 aromatic rings. The summed E-state index contributed by atoms with van der Waals surface area (Å²) in [4.78, 5) is -0.399. The van der Waals surface area contributed by atoms with Gasteiger partial charge in [0.25, 0.3) is 0 Å². The van der Waals surface area contributed by atoms with Gasteiger partial charge in [-0.2, -0.15) is 0 Å². The van der Waals surface area contributed by atoms with Crippen molar-refractivity contribution in [2.45, 2.75) is 0 Å². The van der Waals surface area contributed by atoms with Crippen LogP contribution in [0.5, 0.6) is 0 Å². The topological polar surface area (TPSA) is 68.3 Å². The second kappa shape index (κ2) is 5.23. The fraction of sp³-hybridized carbons (Fsp3) is 0. The minimum absolute atomic E-state index is 0.200. The molecule has 0 spiro atoms. The van der Waals surface area contributed by atoms with Crippen molar-refractivity contribution in [3.05, 3.63) is 82.6 Å². The van der Waals surface area contributed by atoms with Crippen LogP contribution in [0.1, 0.15) is 11.1 Å². The summed E-state index contributed by atoms with van der Waals surface area (Å²) in [6.45, 7) is 0. The molecule has 0 N–H and O–H groups in total. The average Bonchev–Trinajstić information content (AvgIpc) is 2.51. The molecule has 0 atom stereocenters. The lowest BCUT2D eigenvalue weighted by Gasteiger charge is -2.16. The minimum atomic E-state index is -3.90. The predicted octanol–water partition coefficient (Wildman–Crippen LogP) is 2.83. The molecule has 2 aromatic carbocycles. The normalized spacial score (nSPS) is 19.1. The number of sulfone groups is 2. The van der Waals surface area contributed by atoms with Crippen LogP contribution in [0.4, 0.5) is 0 Å². The Hall–Kier alpha value is -2.18. The van der Waals surface area contributed by atoms with Crippen molar-refractivity contribution >= 4 is 29.5 Å². The summed E-state index contributed by atoms with van der Waals surface area (Å²) in [6.07, 6.45) is 0. The van der Waals surface area contributed by atoms with Gasteiger partial charge in [0.05, 0.1) is 20.6 Å². The fourth-order valence-corrected chi connectivity index (χ4v) is 6.11. The Kier molecular flexibility index (Phi) is 3.50. The van der Waals surface area contributed by atoms with Crippen LogP contribution in [-0.4, -0.2) is 16.8 Å². The third-order valence-corrected chi connectivity index (χ3v) is 6.53. The molecule has 0 amide bonds. The van der Waals surface area contributed by atoms with Crippen molar-refractivity contribution in [3.63, 3.8) is 0 Å². The Morgan fingerprint density at radius 2 is 0.909 bits per heavy atom. The Labute approximate surface area is 129 Å². The Balaban J connectivity index is 2.26. The van der Waals surface area contributed by atoms with Crippen LogP contribution in [0.25, 0.3) is 9.81 Å². The van der Waals surface area contributed by atoms with E-state index >= 15 is 0 Å². The summed E-state index contributed by atoms with van der Waals surface area (Å²) in [5.41, 5.74) is 0.709. The molecule has 22 heavy (non-hydrogen) atoms. The van der Waals surface area contributed by atoms with E-state index in [1.165, 1.54) is 0 Å². The van der Waals surface area contributed by atoms with Crippen LogP contribution in [0.3, 0.4) is 0 Å². The van der Waals surface area contributed by atoms with E-state index in [2.05, 4.69) is 0 Å². The monoisotopic (exact) mass is 332 g/mol. The molecule has 1 aliphatic heterocycles. The lowest BCUT2D eigenvalue weighted by Crippen LogP contribution is -2.13. The zero-order valence-electron chi connectivity index (χ0n) is 11.4. The molecule has 0 unspecified atom stereocenters. The molecule has 6 heteroatoms. The molecule has 4 nitrogen and oxygen atoms in total. The quantitative estimate of drug-likeness (QED) is 0.848. The van der Waals surface area contributed by atoms with Crippen LogP contribution in [0.2, 0.25) is 0 Å². The van der Waals surface area contributed by atoms with E-state index in [0.717, 1.165) is 10.8 Å². The highest BCUT2D eigenvalue weighted by molar-refractivity contribution is 8.12. The van der Waals surface area contributed by atoms with Gasteiger partial charge in [-0.1, -0.05) is 60.7 Å². The number of hydrogen-bond acceptors (Lipinski definition) is 4. The van der Waals surface area contributed by atoms with E-state index in [4.69, 9.17) is 0 Å². The fourth-order valence-electron chi connectivity index (χ4n) is 2.23. The molecule has 0 fully saturated rings. The second-order valence-corrected chi connectivity index (χ2v) is 8.32. The van der Waals surface area contributed by atoms with Gasteiger partial charge in [-0.05, 0) is 11.1 Å². The molecule has 1 heterocycles. The van der Waals surface area contributed by atoms with Gasteiger partial charge < -0.3 is 0 Å². The SMILES string of the molecule is O=S1(=O)C=C(c2ccccc2)S(=O)(=O)C(c2ccccc2)=C1. The number of benzene rings is 2. The van der Waals surface area contributed by atoms with Crippen molar-refractivity contribution in [3.8, 4) is 0 Å². The van der Waals surface area contributed by atoms with E-state index in [-0.39, 0.29) is 9.81 Å². The van der Waals surface area contributed by atoms with E-state index in [1.807, 2.05) is 0 Å². The summed E-state index contributed by atoms with van der Waals surface area (Å²) in [5, 5.41) is 1.62. The number of rotatable bonds is 2. The van der Waals surface area contributed by atoms with Crippen LogP contribution in [0.15, 0.2) is 71.5 Å². The molecule has 0 aliphatic carbocycles. The van der Waals surface area contributed by atoms with Crippen LogP contribution >= 0.6 is 0 Å². The zero-order chi connectivity index (χ0) is 15.8. The van der Waals surface area contributed by atoms with E-state index < -0.39 is 19.7 Å². The van der Waals surface area contributed by atoms with Gasteiger partial charge in [-0.15, -0.1) is 0 Å². The zero-order valence-corrected chi connectivity index (χ0v) is 13.0.